The molecular formula is C15H23N3S. The van der Waals surface area contributed by atoms with Crippen LogP contribution in [0.25, 0.3) is 0 Å². The van der Waals surface area contributed by atoms with Gasteiger partial charge in [0, 0.05) is 24.7 Å². The van der Waals surface area contributed by atoms with Crippen molar-refractivity contribution in [2.24, 2.45) is 5.73 Å². The molecule has 2 N–H and O–H groups in total. The van der Waals surface area contributed by atoms with E-state index in [2.05, 4.69) is 30.0 Å². The normalized spacial score (nSPS) is 20.1. The lowest BCUT2D eigenvalue weighted by atomic mass is 10.1. The summed E-state index contributed by atoms with van der Waals surface area (Å²) in [6.07, 6.45) is 2.62. The Balaban J connectivity index is 1.98. The molecular weight excluding hydrogens is 254 g/mol. The van der Waals surface area contributed by atoms with Gasteiger partial charge in [0.25, 0.3) is 0 Å². The van der Waals surface area contributed by atoms with E-state index in [0.717, 1.165) is 18.7 Å². The average Bonchev–Trinajstić information content (AvgIpc) is 2.75. The zero-order chi connectivity index (χ0) is 13.8. The summed E-state index contributed by atoms with van der Waals surface area (Å²) in [5, 5.41) is 0. The predicted octanol–water partition coefficient (Wildman–Crippen LogP) is 1.85. The van der Waals surface area contributed by atoms with Crippen LogP contribution in [0.15, 0.2) is 24.3 Å². The molecule has 0 bridgehead atoms. The van der Waals surface area contributed by atoms with Gasteiger partial charge >= 0.3 is 0 Å². The minimum atomic E-state index is 0.488. The highest BCUT2D eigenvalue weighted by Crippen LogP contribution is 2.17. The summed E-state index contributed by atoms with van der Waals surface area (Å²) < 4.78 is 0. The highest BCUT2D eigenvalue weighted by Gasteiger charge is 2.22. The standard InChI is InChI=1S/C15H23N3S/c1-17(11-13-7-5-9-18(13)2)10-12-6-3-4-8-14(12)15(16)19/h3-4,6,8,13H,5,7,9-11H2,1-2H3,(H2,16,19). The Morgan fingerprint density at radius 2 is 2.21 bits per heavy atom. The van der Waals surface area contributed by atoms with Crippen LogP contribution in [0.1, 0.15) is 24.0 Å². The maximum absolute atomic E-state index is 5.78. The Bertz CT molecular complexity index is 447. The first kappa shape index (κ1) is 14.4. The van der Waals surface area contributed by atoms with Gasteiger partial charge < -0.3 is 15.5 Å². The fraction of sp³-hybridized carbons (Fsp3) is 0.533. The van der Waals surface area contributed by atoms with E-state index in [-0.39, 0.29) is 0 Å². The zero-order valence-corrected chi connectivity index (χ0v) is 12.6. The molecule has 3 nitrogen and oxygen atoms in total. The molecule has 19 heavy (non-hydrogen) atoms. The SMILES string of the molecule is CN(Cc1ccccc1C(N)=S)CC1CCCN1C. The smallest absolute Gasteiger partial charge is 0.104 e. The number of hydrogen-bond donors (Lipinski definition) is 1. The van der Waals surface area contributed by atoms with Crippen LogP contribution in [0.5, 0.6) is 0 Å². The first-order valence-electron chi connectivity index (χ1n) is 6.84. The molecule has 1 aromatic rings. The minimum absolute atomic E-state index is 0.488. The number of nitrogens with two attached hydrogens (primary N) is 1. The van der Waals surface area contributed by atoms with Crippen molar-refractivity contribution in [3.63, 3.8) is 0 Å². The molecule has 0 aromatic heterocycles. The van der Waals surface area contributed by atoms with Gasteiger partial charge in [-0.1, -0.05) is 36.5 Å². The number of rotatable bonds is 5. The van der Waals surface area contributed by atoms with Crippen molar-refractivity contribution in [1.82, 2.24) is 9.80 Å². The molecule has 104 valence electrons. The number of likely N-dealkylation sites (N-methyl/N-ethyl adjacent to an activating group) is 2. The van der Waals surface area contributed by atoms with E-state index in [9.17, 15) is 0 Å². The number of benzene rings is 1. The lowest BCUT2D eigenvalue weighted by Crippen LogP contribution is -2.36. The third kappa shape index (κ3) is 3.75. The fourth-order valence-corrected chi connectivity index (χ4v) is 3.02. The highest BCUT2D eigenvalue weighted by atomic mass is 32.1. The minimum Gasteiger partial charge on any atom is -0.389 e. The van der Waals surface area contributed by atoms with Crippen LogP contribution in [-0.2, 0) is 6.54 Å². The van der Waals surface area contributed by atoms with Crippen LogP contribution in [0.2, 0.25) is 0 Å². The molecule has 1 fully saturated rings. The molecule has 1 aliphatic rings. The molecule has 1 aromatic carbocycles. The molecule has 4 heteroatoms. The second-order valence-corrected chi connectivity index (χ2v) is 5.93. The van der Waals surface area contributed by atoms with E-state index in [4.69, 9.17) is 18.0 Å². The third-order valence-corrected chi connectivity index (χ3v) is 4.14. The van der Waals surface area contributed by atoms with Crippen LogP contribution in [-0.4, -0.2) is 48.0 Å². The summed E-state index contributed by atoms with van der Waals surface area (Å²) in [7, 11) is 4.39. The van der Waals surface area contributed by atoms with Gasteiger partial charge in [0.05, 0.1) is 0 Å². The zero-order valence-electron chi connectivity index (χ0n) is 11.8. The maximum Gasteiger partial charge on any atom is 0.104 e. The van der Waals surface area contributed by atoms with Crippen molar-refractivity contribution in [2.45, 2.75) is 25.4 Å². The van der Waals surface area contributed by atoms with E-state index >= 15 is 0 Å². The Kier molecular flexibility index (Phi) is 4.91. The van der Waals surface area contributed by atoms with Crippen molar-refractivity contribution in [2.75, 3.05) is 27.2 Å². The van der Waals surface area contributed by atoms with Crippen LogP contribution in [0, 0.1) is 0 Å². The van der Waals surface area contributed by atoms with Gasteiger partial charge in [-0.3, -0.25) is 0 Å². The first-order chi connectivity index (χ1) is 9.08. The van der Waals surface area contributed by atoms with Crippen molar-refractivity contribution in [1.29, 1.82) is 0 Å². The number of likely N-dealkylation sites (tertiary alicyclic amines) is 1. The van der Waals surface area contributed by atoms with Gasteiger partial charge in [-0.25, -0.2) is 0 Å². The monoisotopic (exact) mass is 277 g/mol. The van der Waals surface area contributed by atoms with E-state index < -0.39 is 0 Å². The third-order valence-electron chi connectivity index (χ3n) is 3.92. The quantitative estimate of drug-likeness (QED) is 0.833. The Morgan fingerprint density at radius 1 is 1.47 bits per heavy atom. The van der Waals surface area contributed by atoms with Gasteiger partial charge in [-0.2, -0.15) is 0 Å². The number of nitrogens with zero attached hydrogens (tertiary/aromatic N) is 2. The molecule has 0 amide bonds. The number of thiocarbonyl (C=S) groups is 1. The molecule has 0 spiro atoms. The Hall–Kier alpha value is -0.970. The van der Waals surface area contributed by atoms with Gasteiger partial charge in [-0.05, 0) is 39.0 Å². The maximum atomic E-state index is 5.78. The fourth-order valence-electron chi connectivity index (χ4n) is 2.82. The molecule has 1 heterocycles. The van der Waals surface area contributed by atoms with Crippen LogP contribution < -0.4 is 5.73 Å². The largest absolute Gasteiger partial charge is 0.389 e. The summed E-state index contributed by atoms with van der Waals surface area (Å²) in [5.74, 6) is 0. The molecule has 0 radical (unpaired) electrons. The Morgan fingerprint density at radius 3 is 2.84 bits per heavy atom. The van der Waals surface area contributed by atoms with Crippen LogP contribution in [0.3, 0.4) is 0 Å². The van der Waals surface area contributed by atoms with Gasteiger partial charge in [-0.15, -0.1) is 0 Å². The molecule has 2 rings (SSSR count). The average molecular weight is 277 g/mol. The molecule has 0 aliphatic carbocycles. The summed E-state index contributed by atoms with van der Waals surface area (Å²) >= 11 is 5.12. The summed E-state index contributed by atoms with van der Waals surface area (Å²) in [4.78, 5) is 5.31. The van der Waals surface area contributed by atoms with Crippen molar-refractivity contribution >= 4 is 17.2 Å². The van der Waals surface area contributed by atoms with Gasteiger partial charge in [0.15, 0.2) is 0 Å². The highest BCUT2D eigenvalue weighted by molar-refractivity contribution is 7.80. The number of hydrogen-bond acceptors (Lipinski definition) is 3. The molecule has 1 aliphatic heterocycles. The molecule has 1 saturated heterocycles. The summed E-state index contributed by atoms with van der Waals surface area (Å²) in [5.41, 5.74) is 8.00. The second kappa shape index (κ2) is 6.46. The predicted molar refractivity (Wildman–Crippen MR) is 84.3 cm³/mol. The van der Waals surface area contributed by atoms with Crippen LogP contribution >= 0.6 is 12.2 Å². The Labute approximate surface area is 121 Å². The second-order valence-electron chi connectivity index (χ2n) is 5.49. The van der Waals surface area contributed by atoms with Gasteiger partial charge in [0.2, 0.25) is 0 Å². The first-order valence-corrected chi connectivity index (χ1v) is 7.25. The summed E-state index contributed by atoms with van der Waals surface area (Å²) in [6, 6.07) is 8.84. The topological polar surface area (TPSA) is 32.5 Å². The van der Waals surface area contributed by atoms with E-state index in [1.54, 1.807) is 0 Å². The van der Waals surface area contributed by atoms with E-state index in [0.29, 0.717) is 11.0 Å². The molecule has 1 unspecified atom stereocenters. The van der Waals surface area contributed by atoms with Crippen molar-refractivity contribution in [3.8, 4) is 0 Å². The van der Waals surface area contributed by atoms with E-state index in [1.807, 2.05) is 18.2 Å². The van der Waals surface area contributed by atoms with Gasteiger partial charge in [0.1, 0.15) is 4.99 Å². The van der Waals surface area contributed by atoms with Crippen LogP contribution in [0.4, 0.5) is 0 Å². The van der Waals surface area contributed by atoms with E-state index in [1.165, 1.54) is 24.9 Å². The lowest BCUT2D eigenvalue weighted by Gasteiger charge is -2.26. The molecule has 0 saturated carbocycles. The lowest BCUT2D eigenvalue weighted by molar-refractivity contribution is 0.215. The van der Waals surface area contributed by atoms with Crippen molar-refractivity contribution in [3.05, 3.63) is 35.4 Å². The summed E-state index contributed by atoms with van der Waals surface area (Å²) in [6.45, 7) is 3.22. The van der Waals surface area contributed by atoms with Crippen molar-refractivity contribution < 1.29 is 0 Å². The molecule has 1 atom stereocenters.